The molecule has 270 valence electrons. The zero-order valence-electron chi connectivity index (χ0n) is 28.8. The molecule has 11 heteroatoms. The van der Waals surface area contributed by atoms with Gasteiger partial charge in [0.1, 0.15) is 23.9 Å². The highest BCUT2D eigenvalue weighted by molar-refractivity contribution is 6.31. The number of rotatable bonds is 14. The molecule has 4 aromatic carbocycles. The van der Waals surface area contributed by atoms with E-state index in [1.165, 1.54) is 23.3 Å². The Kier molecular flexibility index (Phi) is 13.9. The zero-order chi connectivity index (χ0) is 35.4. The molecule has 1 saturated heterocycles. The minimum absolute atomic E-state index is 0. The minimum Gasteiger partial charge on any atom is -0.493 e. The smallest absolute Gasteiger partial charge is 0.246 e. The molecule has 0 spiro atoms. The molecule has 1 amide bonds. The van der Waals surface area contributed by atoms with Crippen LogP contribution in [0.5, 0.6) is 28.9 Å². The number of hydrogen-bond acceptors (Lipinski definition) is 7. The van der Waals surface area contributed by atoms with Gasteiger partial charge in [0.05, 0.1) is 19.9 Å². The summed E-state index contributed by atoms with van der Waals surface area (Å²) in [5.74, 6) is 2.36. The summed E-state index contributed by atoms with van der Waals surface area (Å²) in [4.78, 5) is 21.6. The Hall–Kier alpha value is -5.09. The van der Waals surface area contributed by atoms with Crippen LogP contribution < -0.4 is 18.9 Å². The van der Waals surface area contributed by atoms with Gasteiger partial charge in [-0.3, -0.25) is 9.69 Å². The summed E-state index contributed by atoms with van der Waals surface area (Å²) in [5.41, 5.74) is 4.11. The van der Waals surface area contributed by atoms with E-state index in [0.29, 0.717) is 60.2 Å². The lowest BCUT2D eigenvalue weighted by Crippen LogP contribution is -2.47. The van der Waals surface area contributed by atoms with E-state index in [1.807, 2.05) is 41.3 Å². The maximum absolute atomic E-state index is 13.1. The predicted molar refractivity (Wildman–Crippen MR) is 203 cm³/mol. The minimum atomic E-state index is -0.273. The van der Waals surface area contributed by atoms with Crippen molar-refractivity contribution >= 4 is 36.0 Å². The number of halogens is 3. The second kappa shape index (κ2) is 18.9. The molecule has 0 atom stereocenters. The molecule has 6 rings (SSSR count). The van der Waals surface area contributed by atoms with Gasteiger partial charge >= 0.3 is 0 Å². The number of piperazine rings is 1. The van der Waals surface area contributed by atoms with Crippen molar-refractivity contribution in [2.45, 2.75) is 19.6 Å². The van der Waals surface area contributed by atoms with Gasteiger partial charge < -0.3 is 23.8 Å². The Bertz CT molecular complexity index is 1920. The summed E-state index contributed by atoms with van der Waals surface area (Å²) in [6.45, 7) is 4.61. The molecule has 0 unspecified atom stereocenters. The van der Waals surface area contributed by atoms with Gasteiger partial charge in [-0.1, -0.05) is 60.1 Å². The number of pyridine rings is 1. The Morgan fingerprint density at radius 3 is 2.29 bits per heavy atom. The van der Waals surface area contributed by atoms with E-state index in [0.717, 1.165) is 37.2 Å². The number of aromatic nitrogens is 1. The van der Waals surface area contributed by atoms with Gasteiger partial charge in [-0.05, 0) is 71.3 Å². The van der Waals surface area contributed by atoms with E-state index in [2.05, 4.69) is 34.1 Å². The molecule has 1 fully saturated rings. The Morgan fingerprint density at radius 2 is 1.58 bits per heavy atom. The average molecular weight is 745 g/mol. The lowest BCUT2D eigenvalue weighted by atomic mass is 10.1. The highest BCUT2D eigenvalue weighted by Gasteiger charge is 2.20. The topological polar surface area (TPSA) is 73.4 Å². The second-order valence-corrected chi connectivity index (χ2v) is 12.4. The van der Waals surface area contributed by atoms with Crippen molar-refractivity contribution in [2.75, 3.05) is 39.9 Å². The molecule has 1 aromatic heterocycles. The summed E-state index contributed by atoms with van der Waals surface area (Å²) >= 11 is 6.21. The van der Waals surface area contributed by atoms with Crippen LogP contribution in [0.3, 0.4) is 0 Å². The first kappa shape index (κ1) is 38.1. The maximum atomic E-state index is 13.1. The standard InChI is InChI=1S/C41H39ClFN3O5.ClH/c1-48-39-26-31(10-17-38(39)51-40-18-16-36(27-44-40)50-29-33-4-2-3-5-37(33)42)11-19-41(47)46-23-21-45(22-24-46)28-32-8-6-30(7-9-32)20-25-49-35-14-12-34(43)13-15-35;/h2-19,26-27H,20-25,28-29H2,1H3;1H. The molecule has 1 aliphatic rings. The summed E-state index contributed by atoms with van der Waals surface area (Å²) in [5, 5.41) is 0.651. The molecular formula is C41H40Cl2FN3O5. The monoisotopic (exact) mass is 743 g/mol. The fraction of sp³-hybridized carbons (Fsp3) is 0.220. The highest BCUT2D eigenvalue weighted by atomic mass is 35.5. The van der Waals surface area contributed by atoms with Crippen LogP contribution in [0, 0.1) is 5.82 Å². The van der Waals surface area contributed by atoms with Gasteiger partial charge in [0.15, 0.2) is 11.5 Å². The molecular weight excluding hydrogens is 704 g/mol. The van der Waals surface area contributed by atoms with Crippen molar-refractivity contribution in [3.8, 4) is 28.9 Å². The molecule has 2 heterocycles. The van der Waals surface area contributed by atoms with Gasteiger partial charge in [-0.25, -0.2) is 9.37 Å². The van der Waals surface area contributed by atoms with Crippen molar-refractivity contribution in [3.63, 3.8) is 0 Å². The van der Waals surface area contributed by atoms with Crippen LogP contribution in [0.15, 0.2) is 115 Å². The fourth-order valence-electron chi connectivity index (χ4n) is 5.56. The van der Waals surface area contributed by atoms with E-state index in [9.17, 15) is 9.18 Å². The Morgan fingerprint density at radius 1 is 0.846 bits per heavy atom. The lowest BCUT2D eigenvalue weighted by molar-refractivity contribution is -0.127. The number of carbonyl (C=O) groups excluding carboxylic acids is 1. The van der Waals surface area contributed by atoms with Crippen LogP contribution in [-0.2, 0) is 24.4 Å². The van der Waals surface area contributed by atoms with Gasteiger partial charge in [0.25, 0.3) is 0 Å². The van der Waals surface area contributed by atoms with Crippen molar-refractivity contribution in [1.82, 2.24) is 14.8 Å². The molecule has 0 bridgehead atoms. The summed E-state index contributed by atoms with van der Waals surface area (Å²) in [6, 6.07) is 31.1. The predicted octanol–water partition coefficient (Wildman–Crippen LogP) is 8.65. The van der Waals surface area contributed by atoms with Crippen LogP contribution in [0.2, 0.25) is 5.02 Å². The molecule has 5 aromatic rings. The van der Waals surface area contributed by atoms with Crippen LogP contribution in [0.1, 0.15) is 22.3 Å². The molecule has 8 nitrogen and oxygen atoms in total. The van der Waals surface area contributed by atoms with Crippen LogP contribution in [0.4, 0.5) is 4.39 Å². The summed E-state index contributed by atoms with van der Waals surface area (Å²) in [6.07, 6.45) is 5.76. The summed E-state index contributed by atoms with van der Waals surface area (Å²) < 4.78 is 36.1. The molecule has 52 heavy (non-hydrogen) atoms. The number of nitrogens with zero attached hydrogens (tertiary/aromatic N) is 3. The molecule has 1 aliphatic heterocycles. The third kappa shape index (κ3) is 11.0. The van der Waals surface area contributed by atoms with Crippen LogP contribution >= 0.6 is 24.0 Å². The Balaban J connectivity index is 0.00000523. The zero-order valence-corrected chi connectivity index (χ0v) is 30.3. The Labute approximate surface area is 314 Å². The van der Waals surface area contributed by atoms with Crippen molar-refractivity contribution in [1.29, 1.82) is 0 Å². The third-order valence-corrected chi connectivity index (χ3v) is 8.84. The van der Waals surface area contributed by atoms with Crippen LogP contribution in [0.25, 0.3) is 6.08 Å². The van der Waals surface area contributed by atoms with Crippen molar-refractivity contribution in [3.05, 3.63) is 148 Å². The number of hydrogen-bond donors (Lipinski definition) is 0. The molecule has 0 radical (unpaired) electrons. The molecule has 0 saturated carbocycles. The first-order valence-corrected chi connectivity index (χ1v) is 17.1. The van der Waals surface area contributed by atoms with Gasteiger partial charge in [0.2, 0.25) is 11.8 Å². The third-order valence-electron chi connectivity index (χ3n) is 8.47. The quantitative estimate of drug-likeness (QED) is 0.105. The normalized spacial score (nSPS) is 13.0. The van der Waals surface area contributed by atoms with Gasteiger partial charge in [0, 0.05) is 61.9 Å². The van der Waals surface area contributed by atoms with E-state index in [4.69, 9.17) is 30.5 Å². The first-order chi connectivity index (χ1) is 24.9. The van der Waals surface area contributed by atoms with Gasteiger partial charge in [-0.2, -0.15) is 0 Å². The number of ether oxygens (including phenoxy) is 4. The van der Waals surface area contributed by atoms with Crippen molar-refractivity contribution < 1.29 is 28.1 Å². The van der Waals surface area contributed by atoms with E-state index < -0.39 is 0 Å². The van der Waals surface area contributed by atoms with E-state index >= 15 is 0 Å². The molecule has 0 aliphatic carbocycles. The number of carbonyl (C=O) groups is 1. The SMILES string of the molecule is COc1cc(C=CC(=O)N2CCN(Cc3ccc(CCOc4ccc(F)cc4)cc3)CC2)ccc1Oc1ccc(OCc2ccccc2Cl)cn1.Cl. The van der Waals surface area contributed by atoms with Crippen molar-refractivity contribution in [2.24, 2.45) is 0 Å². The first-order valence-electron chi connectivity index (χ1n) is 16.8. The van der Waals surface area contributed by atoms with E-state index in [1.54, 1.807) is 55.8 Å². The number of methoxy groups -OCH3 is 1. The van der Waals surface area contributed by atoms with Gasteiger partial charge in [-0.15, -0.1) is 12.4 Å². The van der Waals surface area contributed by atoms with Crippen LogP contribution in [-0.4, -0.2) is 60.6 Å². The number of amides is 1. The average Bonchev–Trinajstić information content (AvgIpc) is 3.16. The summed E-state index contributed by atoms with van der Waals surface area (Å²) in [7, 11) is 1.57. The largest absolute Gasteiger partial charge is 0.493 e. The highest BCUT2D eigenvalue weighted by Crippen LogP contribution is 2.32. The fourth-order valence-corrected chi connectivity index (χ4v) is 5.75. The number of benzene rings is 4. The lowest BCUT2D eigenvalue weighted by Gasteiger charge is -2.34. The van der Waals surface area contributed by atoms with E-state index in [-0.39, 0.29) is 24.1 Å². The second-order valence-electron chi connectivity index (χ2n) is 12.0. The maximum Gasteiger partial charge on any atom is 0.246 e. The molecule has 0 N–H and O–H groups in total.